The fourth-order valence-corrected chi connectivity index (χ4v) is 2.15. The van der Waals surface area contributed by atoms with Crippen LogP contribution in [0.2, 0.25) is 0 Å². The summed E-state index contributed by atoms with van der Waals surface area (Å²) in [6, 6.07) is 2.56. The van der Waals surface area contributed by atoms with Crippen molar-refractivity contribution >= 4 is 17.5 Å². The van der Waals surface area contributed by atoms with Crippen molar-refractivity contribution in [1.29, 1.82) is 0 Å². The molecule has 0 bridgehead atoms. The largest absolute Gasteiger partial charge is 0.464 e. The molecule has 0 aliphatic carbocycles. The summed E-state index contributed by atoms with van der Waals surface area (Å²) in [7, 11) is 2.84. The summed E-state index contributed by atoms with van der Waals surface area (Å²) >= 11 is 0. The first kappa shape index (κ1) is 14.2. The van der Waals surface area contributed by atoms with Gasteiger partial charge < -0.3 is 14.4 Å². The van der Waals surface area contributed by atoms with E-state index < -0.39 is 10.9 Å². The van der Waals surface area contributed by atoms with E-state index in [1.54, 1.807) is 12.0 Å². The van der Waals surface area contributed by atoms with Gasteiger partial charge in [-0.05, 0) is 12.5 Å². The number of hydrogen-bond donors (Lipinski definition) is 0. The van der Waals surface area contributed by atoms with Crippen LogP contribution in [0.4, 0.5) is 11.5 Å². The summed E-state index contributed by atoms with van der Waals surface area (Å²) in [5.41, 5.74) is -0.0802. The van der Waals surface area contributed by atoms with E-state index in [9.17, 15) is 14.9 Å². The summed E-state index contributed by atoms with van der Waals surface area (Å²) in [4.78, 5) is 27.9. The summed E-state index contributed by atoms with van der Waals surface area (Å²) in [6.07, 6.45) is 0.774. The molecule has 8 heteroatoms. The zero-order valence-electron chi connectivity index (χ0n) is 11.2. The van der Waals surface area contributed by atoms with Crippen LogP contribution in [0.5, 0.6) is 0 Å². The Bertz CT molecular complexity index is 534. The number of carbonyl (C=O) groups is 1. The molecular weight excluding hydrogens is 266 g/mol. The van der Waals surface area contributed by atoms with Crippen LogP contribution in [0.25, 0.3) is 0 Å². The van der Waals surface area contributed by atoms with Crippen LogP contribution in [0, 0.1) is 10.1 Å². The third-order valence-corrected chi connectivity index (χ3v) is 3.22. The second kappa shape index (κ2) is 5.83. The van der Waals surface area contributed by atoms with Crippen LogP contribution in [0.1, 0.15) is 16.9 Å². The molecule has 0 N–H and O–H groups in total. The topological polar surface area (TPSA) is 94.8 Å². The van der Waals surface area contributed by atoms with E-state index in [4.69, 9.17) is 4.74 Å². The molecule has 108 valence electrons. The van der Waals surface area contributed by atoms with Gasteiger partial charge in [0.1, 0.15) is 0 Å². The van der Waals surface area contributed by atoms with Crippen molar-refractivity contribution in [3.8, 4) is 0 Å². The normalized spacial score (nSPS) is 18.1. The Kier molecular flexibility index (Phi) is 4.14. The van der Waals surface area contributed by atoms with Gasteiger partial charge in [-0.25, -0.2) is 9.78 Å². The number of anilines is 1. The van der Waals surface area contributed by atoms with Crippen molar-refractivity contribution in [2.45, 2.75) is 12.5 Å². The predicted octanol–water partition coefficient (Wildman–Crippen LogP) is 1.00. The fourth-order valence-electron chi connectivity index (χ4n) is 2.15. The van der Waals surface area contributed by atoms with Crippen molar-refractivity contribution in [2.75, 3.05) is 32.2 Å². The maximum absolute atomic E-state index is 11.5. The molecule has 1 aromatic rings. The number of hydrogen-bond acceptors (Lipinski definition) is 7. The molecule has 2 rings (SSSR count). The lowest BCUT2D eigenvalue weighted by atomic mass is 10.3. The Morgan fingerprint density at radius 1 is 1.50 bits per heavy atom. The van der Waals surface area contributed by atoms with Gasteiger partial charge in [-0.1, -0.05) is 0 Å². The van der Waals surface area contributed by atoms with Gasteiger partial charge in [0.25, 0.3) is 0 Å². The number of nitro groups is 1. The molecule has 8 nitrogen and oxygen atoms in total. The highest BCUT2D eigenvalue weighted by Gasteiger charge is 2.29. The number of aromatic nitrogens is 1. The molecule has 0 radical (unpaired) electrons. The molecule has 1 atom stereocenters. The minimum absolute atomic E-state index is 0.0122. The van der Waals surface area contributed by atoms with E-state index in [0.29, 0.717) is 13.1 Å². The molecular formula is C12H15N3O5. The van der Waals surface area contributed by atoms with E-state index in [-0.39, 0.29) is 23.3 Å². The number of rotatable bonds is 4. The quantitative estimate of drug-likeness (QED) is 0.461. The third-order valence-electron chi connectivity index (χ3n) is 3.22. The summed E-state index contributed by atoms with van der Waals surface area (Å²) in [5.74, 6) is -0.443. The molecule has 2 heterocycles. The highest BCUT2D eigenvalue weighted by Crippen LogP contribution is 2.29. The summed E-state index contributed by atoms with van der Waals surface area (Å²) < 4.78 is 9.81. The van der Waals surface area contributed by atoms with E-state index in [1.165, 1.54) is 19.2 Å². The van der Waals surface area contributed by atoms with Gasteiger partial charge in [0.15, 0.2) is 5.69 Å². The van der Waals surface area contributed by atoms with Crippen molar-refractivity contribution in [3.63, 3.8) is 0 Å². The molecule has 1 aliphatic rings. The van der Waals surface area contributed by atoms with E-state index in [1.807, 2.05) is 0 Å². The second-order valence-electron chi connectivity index (χ2n) is 4.38. The second-order valence-corrected chi connectivity index (χ2v) is 4.38. The standard InChI is InChI=1S/C12H15N3O5/c1-19-8-5-6-14(7-8)11-10(15(17)18)4-3-9(13-11)12(16)20-2/h3-4,8H,5-7H2,1-2H3. The van der Waals surface area contributed by atoms with E-state index in [0.717, 1.165) is 6.42 Å². The van der Waals surface area contributed by atoms with Crippen LogP contribution < -0.4 is 4.90 Å². The molecule has 0 aromatic carbocycles. The average molecular weight is 281 g/mol. The molecule has 1 aliphatic heterocycles. The van der Waals surface area contributed by atoms with Crippen LogP contribution in [-0.2, 0) is 9.47 Å². The van der Waals surface area contributed by atoms with Crippen LogP contribution >= 0.6 is 0 Å². The molecule has 1 fully saturated rings. The first-order chi connectivity index (χ1) is 9.56. The molecule has 20 heavy (non-hydrogen) atoms. The Hall–Kier alpha value is -2.22. The van der Waals surface area contributed by atoms with Gasteiger partial charge in [0.2, 0.25) is 5.82 Å². The maximum Gasteiger partial charge on any atom is 0.356 e. The van der Waals surface area contributed by atoms with Gasteiger partial charge in [-0.2, -0.15) is 0 Å². The molecule has 0 spiro atoms. The van der Waals surface area contributed by atoms with Crippen molar-refractivity contribution in [2.24, 2.45) is 0 Å². The Balaban J connectivity index is 2.37. The van der Waals surface area contributed by atoms with Gasteiger partial charge in [-0.3, -0.25) is 10.1 Å². The lowest BCUT2D eigenvalue weighted by Gasteiger charge is -2.17. The van der Waals surface area contributed by atoms with Crippen molar-refractivity contribution < 1.29 is 19.2 Å². The fraction of sp³-hybridized carbons (Fsp3) is 0.500. The molecule has 1 aromatic heterocycles. The molecule has 0 amide bonds. The van der Waals surface area contributed by atoms with Gasteiger partial charge >= 0.3 is 11.7 Å². The summed E-state index contributed by atoms with van der Waals surface area (Å²) in [6.45, 7) is 1.10. The molecule has 0 saturated carbocycles. The van der Waals surface area contributed by atoms with Crippen molar-refractivity contribution in [3.05, 3.63) is 27.9 Å². The average Bonchev–Trinajstić information content (AvgIpc) is 2.94. The number of pyridine rings is 1. The maximum atomic E-state index is 11.5. The van der Waals surface area contributed by atoms with Crippen LogP contribution in [0.3, 0.4) is 0 Å². The van der Waals surface area contributed by atoms with Crippen LogP contribution in [0.15, 0.2) is 12.1 Å². The Morgan fingerprint density at radius 2 is 2.25 bits per heavy atom. The number of ether oxygens (including phenoxy) is 2. The smallest absolute Gasteiger partial charge is 0.356 e. The Labute approximate surface area is 115 Å². The van der Waals surface area contributed by atoms with Gasteiger partial charge in [0, 0.05) is 26.3 Å². The zero-order valence-corrected chi connectivity index (χ0v) is 11.2. The number of esters is 1. The highest BCUT2D eigenvalue weighted by atomic mass is 16.6. The summed E-state index contributed by atoms with van der Waals surface area (Å²) in [5, 5.41) is 11.1. The monoisotopic (exact) mass is 281 g/mol. The lowest BCUT2D eigenvalue weighted by Crippen LogP contribution is -2.24. The minimum atomic E-state index is -0.622. The number of nitrogens with zero attached hydrogens (tertiary/aromatic N) is 3. The van der Waals surface area contributed by atoms with E-state index in [2.05, 4.69) is 9.72 Å². The lowest BCUT2D eigenvalue weighted by molar-refractivity contribution is -0.384. The van der Waals surface area contributed by atoms with Gasteiger partial charge in [0.05, 0.1) is 18.1 Å². The first-order valence-electron chi connectivity index (χ1n) is 6.08. The molecule has 1 saturated heterocycles. The number of carbonyl (C=O) groups excluding carboxylic acids is 1. The van der Waals surface area contributed by atoms with Crippen molar-refractivity contribution in [1.82, 2.24) is 4.98 Å². The number of methoxy groups -OCH3 is 2. The minimum Gasteiger partial charge on any atom is -0.464 e. The third kappa shape index (κ3) is 2.69. The highest BCUT2D eigenvalue weighted by molar-refractivity contribution is 5.88. The molecule has 1 unspecified atom stereocenters. The predicted molar refractivity (Wildman–Crippen MR) is 69.9 cm³/mol. The SMILES string of the molecule is COC(=O)c1ccc([N+](=O)[O-])c(N2CCC(OC)C2)n1. The van der Waals surface area contributed by atoms with Crippen LogP contribution in [-0.4, -0.2) is 49.3 Å². The zero-order chi connectivity index (χ0) is 14.7. The Morgan fingerprint density at radius 3 is 2.80 bits per heavy atom. The first-order valence-corrected chi connectivity index (χ1v) is 6.08. The van der Waals surface area contributed by atoms with E-state index >= 15 is 0 Å². The van der Waals surface area contributed by atoms with Gasteiger partial charge in [-0.15, -0.1) is 0 Å².